The summed E-state index contributed by atoms with van der Waals surface area (Å²) in [5, 5.41) is 24.2. The van der Waals surface area contributed by atoms with Crippen LogP contribution < -0.4 is 0 Å². The first-order chi connectivity index (χ1) is 21.4. The third-order valence-corrected chi connectivity index (χ3v) is 10.6. The Hall–Kier alpha value is -3.75. The second-order valence-corrected chi connectivity index (χ2v) is 13.2. The number of likely N-dealkylation sites (tertiary alicyclic amines) is 1. The second-order valence-electron chi connectivity index (χ2n) is 13.2. The molecule has 230 valence electrons. The summed E-state index contributed by atoms with van der Waals surface area (Å²) in [7, 11) is 0. The van der Waals surface area contributed by atoms with Gasteiger partial charge in [-0.2, -0.15) is 0 Å². The van der Waals surface area contributed by atoms with Gasteiger partial charge in [0.2, 0.25) is 5.91 Å². The molecule has 5 atom stereocenters. The van der Waals surface area contributed by atoms with Gasteiger partial charge in [0.15, 0.2) is 0 Å². The van der Waals surface area contributed by atoms with E-state index in [9.17, 15) is 14.7 Å². The zero-order valence-electron chi connectivity index (χ0n) is 25.3. The van der Waals surface area contributed by atoms with Crippen molar-refractivity contribution in [1.82, 2.24) is 19.8 Å². The van der Waals surface area contributed by atoms with E-state index >= 15 is 0 Å². The number of carbonyl (C=O) groups excluding carboxylic acids is 1. The number of hydrogen-bond donors (Lipinski definition) is 3. The average molecular weight is 595 g/mol. The monoisotopic (exact) mass is 594 g/mol. The smallest absolute Gasteiger partial charge is 0.327 e. The molecule has 8 heteroatoms. The lowest BCUT2D eigenvalue weighted by Crippen LogP contribution is -2.65. The number of amides is 1. The van der Waals surface area contributed by atoms with Crippen molar-refractivity contribution in [2.75, 3.05) is 26.2 Å². The Balaban J connectivity index is 1.37. The largest absolute Gasteiger partial charge is 0.478 e. The van der Waals surface area contributed by atoms with Crippen LogP contribution in [-0.4, -0.2) is 79.7 Å². The Morgan fingerprint density at radius 1 is 1.11 bits per heavy atom. The van der Waals surface area contributed by atoms with Crippen molar-refractivity contribution >= 4 is 39.3 Å². The normalized spacial score (nSPS) is 30.8. The molecule has 7 rings (SSSR count). The lowest BCUT2D eigenvalue weighted by atomic mass is 9.55. The first-order valence-electron chi connectivity index (χ1n) is 16.3. The van der Waals surface area contributed by atoms with Gasteiger partial charge in [-0.15, -0.1) is 0 Å². The second kappa shape index (κ2) is 11.6. The van der Waals surface area contributed by atoms with Crippen LogP contribution in [0, 0.1) is 11.3 Å². The van der Waals surface area contributed by atoms with Crippen LogP contribution >= 0.6 is 0 Å². The molecule has 2 aromatic heterocycles. The predicted molar refractivity (Wildman–Crippen MR) is 172 cm³/mol. The highest BCUT2D eigenvalue weighted by atomic mass is 16.4. The zero-order chi connectivity index (χ0) is 30.3. The van der Waals surface area contributed by atoms with Crippen LogP contribution in [0.4, 0.5) is 0 Å². The number of nitrogens with one attached hydrogen (secondary N) is 1. The third kappa shape index (κ3) is 4.98. The van der Waals surface area contributed by atoms with Crippen LogP contribution in [0.3, 0.4) is 0 Å². The summed E-state index contributed by atoms with van der Waals surface area (Å²) in [5.74, 6) is -0.790. The number of unbranched alkanes of at least 4 members (excludes halogenated alkanes) is 1. The Bertz CT molecular complexity index is 1670. The fraction of sp³-hybridized carbons (Fsp3) is 0.472. The van der Waals surface area contributed by atoms with Crippen molar-refractivity contribution in [2.24, 2.45) is 11.3 Å². The number of carboxylic acid groups (broad SMARTS) is 1. The van der Waals surface area contributed by atoms with E-state index in [0.717, 1.165) is 84.8 Å². The minimum atomic E-state index is -1.23. The van der Waals surface area contributed by atoms with E-state index in [-0.39, 0.29) is 17.9 Å². The fourth-order valence-corrected chi connectivity index (χ4v) is 8.87. The number of benzene rings is 1. The van der Waals surface area contributed by atoms with Crippen LogP contribution in [-0.2, 0) is 9.59 Å². The molecule has 1 amide bonds. The number of aliphatic carboxylic acids is 1. The number of allylic oxidation sites excluding steroid dienone is 4. The molecular weight excluding hydrogens is 552 g/mol. The van der Waals surface area contributed by atoms with Gasteiger partial charge in [0, 0.05) is 53.5 Å². The quantitative estimate of drug-likeness (QED) is 0.192. The fourth-order valence-electron chi connectivity index (χ4n) is 8.87. The van der Waals surface area contributed by atoms with Crippen molar-refractivity contribution < 1.29 is 19.8 Å². The molecule has 4 aliphatic rings. The highest BCUT2D eigenvalue weighted by Crippen LogP contribution is 2.60. The number of para-hydroxylation sites is 1. The Kier molecular flexibility index (Phi) is 7.67. The Morgan fingerprint density at radius 2 is 1.98 bits per heavy atom. The molecule has 3 aromatic rings. The molecule has 3 N–H and O–H groups in total. The van der Waals surface area contributed by atoms with Gasteiger partial charge in [0.05, 0.1) is 17.3 Å². The summed E-state index contributed by atoms with van der Waals surface area (Å²) >= 11 is 0. The maximum absolute atomic E-state index is 14.1. The lowest BCUT2D eigenvalue weighted by molar-refractivity contribution is -0.134. The lowest BCUT2D eigenvalue weighted by Gasteiger charge is -2.57. The standard InChI is InChI=1S/C36H42N4O4/c41-30-23-35-24-39-19-10-4-2-1-3-9-17-36(44,34(35)40(30)20-11-5-6-14-31(42)43)22-27(28(35)16-21-39)32-33-26(15-18-37-32)25-12-7-8-13-29(25)38-33/h1,3,6-8,12-15,18,22,28,34,38,44H,2,4-5,9-11,16-17,19-21,23-24H2,(H,42,43)/t28-,34+,35-,36-/m0/s1. The third-order valence-electron chi connectivity index (χ3n) is 10.6. The molecule has 8 nitrogen and oxygen atoms in total. The van der Waals surface area contributed by atoms with Crippen molar-refractivity contribution in [3.05, 3.63) is 72.6 Å². The molecule has 1 aromatic carbocycles. The van der Waals surface area contributed by atoms with Crippen molar-refractivity contribution in [1.29, 1.82) is 0 Å². The van der Waals surface area contributed by atoms with Gasteiger partial charge in [-0.3, -0.25) is 9.78 Å². The Labute approximate surface area is 258 Å². The summed E-state index contributed by atoms with van der Waals surface area (Å²) in [4.78, 5) is 38.2. The summed E-state index contributed by atoms with van der Waals surface area (Å²) < 4.78 is 0. The first-order valence-corrected chi connectivity index (χ1v) is 16.3. The molecule has 1 aliphatic carbocycles. The molecule has 2 saturated heterocycles. The number of rotatable bonds is 6. The number of H-pyrrole nitrogens is 1. The van der Waals surface area contributed by atoms with Gasteiger partial charge < -0.3 is 25.0 Å². The van der Waals surface area contributed by atoms with Crippen LogP contribution in [0.15, 0.2) is 66.9 Å². The number of hydrogen-bond acceptors (Lipinski definition) is 5. The average Bonchev–Trinajstić information content (AvgIpc) is 3.52. The van der Waals surface area contributed by atoms with Gasteiger partial charge in [-0.25, -0.2) is 4.79 Å². The highest BCUT2D eigenvalue weighted by Gasteiger charge is 2.66. The summed E-state index contributed by atoms with van der Waals surface area (Å²) in [6.07, 6.45) is 18.3. The van der Waals surface area contributed by atoms with Crippen LogP contribution in [0.1, 0.15) is 63.5 Å². The van der Waals surface area contributed by atoms with Gasteiger partial charge in [0.1, 0.15) is 5.60 Å². The van der Waals surface area contributed by atoms with Crippen LogP contribution in [0.5, 0.6) is 0 Å². The number of carbonyl (C=O) groups is 2. The number of nitrogens with zero attached hydrogens (tertiary/aromatic N) is 3. The number of carboxylic acids is 1. The van der Waals surface area contributed by atoms with E-state index in [0.29, 0.717) is 32.2 Å². The van der Waals surface area contributed by atoms with Crippen LogP contribution in [0.2, 0.25) is 0 Å². The SMILES string of the molecule is O=C(O)C=CCCCN1C(=O)C[C@]23CN4CCCCC=CCC[C@](O)(C=C(c5nccc6c5[nH]c5ccccc56)[C@@H]2CC4)[C@H]13. The summed E-state index contributed by atoms with van der Waals surface area (Å²) in [6.45, 7) is 3.23. The van der Waals surface area contributed by atoms with Crippen LogP contribution in [0.25, 0.3) is 27.4 Å². The first kappa shape index (κ1) is 29.0. The predicted octanol–water partition coefficient (Wildman–Crippen LogP) is 5.69. The molecule has 5 heterocycles. The molecule has 1 spiro atoms. The molecule has 44 heavy (non-hydrogen) atoms. The Morgan fingerprint density at radius 3 is 2.86 bits per heavy atom. The highest BCUT2D eigenvalue weighted by molar-refractivity contribution is 6.10. The van der Waals surface area contributed by atoms with Crippen molar-refractivity contribution in [2.45, 2.75) is 69.4 Å². The van der Waals surface area contributed by atoms with Gasteiger partial charge >= 0.3 is 5.97 Å². The summed E-state index contributed by atoms with van der Waals surface area (Å²) in [6, 6.07) is 10.0. The topological polar surface area (TPSA) is 110 Å². The van der Waals surface area contributed by atoms with E-state index in [2.05, 4.69) is 52.4 Å². The number of aliphatic hydroxyl groups is 1. The number of piperidine rings is 1. The minimum absolute atomic E-state index is 0.0788. The maximum atomic E-state index is 14.1. The molecule has 1 unspecified atom stereocenters. The number of fused-ring (bicyclic) bond motifs is 4. The van der Waals surface area contributed by atoms with E-state index < -0.39 is 17.0 Å². The molecule has 3 bridgehead atoms. The van der Waals surface area contributed by atoms with E-state index in [1.54, 1.807) is 6.08 Å². The van der Waals surface area contributed by atoms with Gasteiger partial charge in [-0.05, 0) is 94.2 Å². The molecule has 0 radical (unpaired) electrons. The maximum Gasteiger partial charge on any atom is 0.327 e. The number of aromatic nitrogens is 2. The molecular formula is C36H42N4O4. The van der Waals surface area contributed by atoms with E-state index in [1.165, 1.54) is 6.08 Å². The summed E-state index contributed by atoms with van der Waals surface area (Å²) in [5.41, 5.74) is 2.33. The molecule has 2 fully saturated rings. The molecule has 0 saturated carbocycles. The van der Waals surface area contributed by atoms with E-state index in [4.69, 9.17) is 10.1 Å². The number of aromatic amines is 1. The zero-order valence-corrected chi connectivity index (χ0v) is 25.3. The van der Waals surface area contributed by atoms with E-state index in [1.807, 2.05) is 17.2 Å². The minimum Gasteiger partial charge on any atom is -0.478 e. The van der Waals surface area contributed by atoms with Gasteiger partial charge in [-0.1, -0.05) is 36.4 Å². The number of pyridine rings is 1. The van der Waals surface area contributed by atoms with Crippen molar-refractivity contribution in [3.63, 3.8) is 0 Å². The molecule has 3 aliphatic heterocycles. The van der Waals surface area contributed by atoms with Crippen molar-refractivity contribution in [3.8, 4) is 0 Å². The van der Waals surface area contributed by atoms with Gasteiger partial charge in [0.25, 0.3) is 0 Å².